The molecule has 0 aliphatic carbocycles. The summed E-state index contributed by atoms with van der Waals surface area (Å²) in [6.45, 7) is 6.10. The van der Waals surface area contributed by atoms with Gasteiger partial charge in [0.05, 0.1) is 5.69 Å². The maximum absolute atomic E-state index is 5.53. The molecule has 0 atom stereocenters. The van der Waals surface area contributed by atoms with Crippen LogP contribution in [0.25, 0.3) is 0 Å². The Morgan fingerprint density at radius 3 is 2.67 bits per heavy atom. The predicted octanol–water partition coefficient (Wildman–Crippen LogP) is 0.861. The van der Waals surface area contributed by atoms with Gasteiger partial charge in [0.1, 0.15) is 12.4 Å². The van der Waals surface area contributed by atoms with E-state index < -0.39 is 0 Å². The molecule has 0 radical (unpaired) electrons. The molecule has 0 fully saturated rings. The fourth-order valence-corrected chi connectivity index (χ4v) is 1.14. The van der Waals surface area contributed by atoms with E-state index in [2.05, 4.69) is 16.6 Å². The van der Waals surface area contributed by atoms with E-state index in [4.69, 9.17) is 21.9 Å². The molecule has 0 aliphatic rings. The van der Waals surface area contributed by atoms with Crippen LogP contribution < -0.4 is 21.9 Å². The van der Waals surface area contributed by atoms with E-state index in [0.29, 0.717) is 18.0 Å². The maximum Gasteiger partial charge on any atom is 0.223 e. The molecular weight excluding hydrogens is 230 g/mol. The molecule has 0 heterocycles. The van der Waals surface area contributed by atoms with Gasteiger partial charge in [0.15, 0.2) is 5.96 Å². The van der Waals surface area contributed by atoms with Gasteiger partial charge in [0, 0.05) is 6.07 Å². The highest BCUT2D eigenvalue weighted by Gasteiger charge is 1.97. The Bertz CT molecular complexity index is 489. The number of benzene rings is 1. The van der Waals surface area contributed by atoms with Gasteiger partial charge >= 0.3 is 0 Å². The molecule has 0 saturated heterocycles. The molecule has 0 saturated carbocycles. The summed E-state index contributed by atoms with van der Waals surface area (Å²) < 4.78 is 5.48. The van der Waals surface area contributed by atoms with Crippen LogP contribution in [0.4, 0.5) is 5.69 Å². The minimum Gasteiger partial charge on any atom is -0.489 e. The summed E-state index contributed by atoms with van der Waals surface area (Å²) in [5, 5.41) is 0. The molecule has 1 aromatic carbocycles. The lowest BCUT2D eigenvalue weighted by Crippen LogP contribution is -2.26. The largest absolute Gasteiger partial charge is 0.489 e. The van der Waals surface area contributed by atoms with E-state index in [1.54, 1.807) is 18.2 Å². The van der Waals surface area contributed by atoms with E-state index in [0.717, 1.165) is 5.57 Å². The first-order valence-corrected chi connectivity index (χ1v) is 5.28. The normalized spacial score (nSPS) is 10.8. The van der Waals surface area contributed by atoms with Crippen LogP contribution in [0.5, 0.6) is 5.75 Å². The Morgan fingerprint density at radius 1 is 1.33 bits per heavy atom. The number of aliphatic imine (C=N–C) groups is 2. The van der Waals surface area contributed by atoms with Gasteiger partial charge in [-0.3, -0.25) is 0 Å². The molecular formula is C12H17N5O. The number of guanidine groups is 2. The molecule has 18 heavy (non-hydrogen) atoms. The van der Waals surface area contributed by atoms with Crippen LogP contribution in [-0.4, -0.2) is 18.5 Å². The van der Waals surface area contributed by atoms with Gasteiger partial charge in [0.2, 0.25) is 5.96 Å². The van der Waals surface area contributed by atoms with Crippen molar-refractivity contribution in [2.75, 3.05) is 6.61 Å². The lowest BCUT2D eigenvalue weighted by atomic mass is 10.3. The van der Waals surface area contributed by atoms with Crippen LogP contribution >= 0.6 is 0 Å². The first kappa shape index (κ1) is 13.6. The minimum absolute atomic E-state index is 0.00736. The van der Waals surface area contributed by atoms with Crippen molar-refractivity contribution in [2.45, 2.75) is 6.92 Å². The summed E-state index contributed by atoms with van der Waals surface area (Å²) in [7, 11) is 0. The fourth-order valence-electron chi connectivity index (χ4n) is 1.14. The average Bonchev–Trinajstić information content (AvgIpc) is 2.25. The molecule has 0 spiro atoms. The fraction of sp³-hybridized carbons (Fsp3) is 0.167. The Balaban J connectivity index is 2.82. The Labute approximate surface area is 106 Å². The van der Waals surface area contributed by atoms with Crippen molar-refractivity contribution in [3.8, 4) is 5.75 Å². The summed E-state index contributed by atoms with van der Waals surface area (Å²) >= 11 is 0. The number of nitrogens with two attached hydrogens (primary N) is 3. The third-order valence-electron chi connectivity index (χ3n) is 1.79. The van der Waals surface area contributed by atoms with E-state index in [-0.39, 0.29) is 11.9 Å². The second kappa shape index (κ2) is 6.29. The van der Waals surface area contributed by atoms with E-state index in [1.165, 1.54) is 0 Å². The van der Waals surface area contributed by atoms with Crippen LogP contribution in [0, 0.1) is 0 Å². The zero-order valence-corrected chi connectivity index (χ0v) is 10.3. The highest BCUT2D eigenvalue weighted by molar-refractivity contribution is 5.93. The monoisotopic (exact) mass is 247 g/mol. The van der Waals surface area contributed by atoms with Crippen molar-refractivity contribution in [1.82, 2.24) is 0 Å². The summed E-state index contributed by atoms with van der Waals surface area (Å²) in [5.74, 6) is 0.537. The first-order valence-electron chi connectivity index (χ1n) is 5.28. The lowest BCUT2D eigenvalue weighted by Gasteiger charge is -2.06. The summed E-state index contributed by atoms with van der Waals surface area (Å²) in [6, 6.07) is 7.12. The number of nitrogens with zero attached hydrogens (tertiary/aromatic N) is 2. The zero-order chi connectivity index (χ0) is 13.5. The van der Waals surface area contributed by atoms with Crippen LogP contribution in [-0.2, 0) is 0 Å². The lowest BCUT2D eigenvalue weighted by molar-refractivity contribution is 0.353. The summed E-state index contributed by atoms with van der Waals surface area (Å²) in [4.78, 5) is 7.65. The molecule has 0 bridgehead atoms. The van der Waals surface area contributed by atoms with Gasteiger partial charge in [-0.25, -0.2) is 4.99 Å². The predicted molar refractivity (Wildman–Crippen MR) is 73.8 cm³/mol. The van der Waals surface area contributed by atoms with Crippen molar-refractivity contribution in [3.63, 3.8) is 0 Å². The van der Waals surface area contributed by atoms with Gasteiger partial charge in [-0.1, -0.05) is 12.6 Å². The molecule has 1 aromatic rings. The maximum atomic E-state index is 5.53. The molecule has 6 nitrogen and oxygen atoms in total. The van der Waals surface area contributed by atoms with Crippen molar-refractivity contribution in [2.24, 2.45) is 27.2 Å². The van der Waals surface area contributed by atoms with Gasteiger partial charge in [-0.15, -0.1) is 0 Å². The molecule has 0 amide bonds. The van der Waals surface area contributed by atoms with Gasteiger partial charge in [-0.2, -0.15) is 4.99 Å². The summed E-state index contributed by atoms with van der Waals surface area (Å²) in [6.07, 6.45) is 0. The number of ether oxygens (including phenoxy) is 1. The molecule has 6 heteroatoms. The minimum atomic E-state index is -0.133. The van der Waals surface area contributed by atoms with Crippen molar-refractivity contribution in [1.29, 1.82) is 0 Å². The Hall–Kier alpha value is -2.50. The SMILES string of the molecule is C=C(C)COc1cccc(N=C(N)N=C(N)N)c1. The Kier molecular flexibility index (Phi) is 4.74. The molecule has 0 aliphatic heterocycles. The van der Waals surface area contributed by atoms with Gasteiger partial charge in [0.25, 0.3) is 0 Å². The second-order valence-electron chi connectivity index (χ2n) is 3.75. The van der Waals surface area contributed by atoms with Gasteiger partial charge < -0.3 is 21.9 Å². The van der Waals surface area contributed by atoms with Crippen molar-refractivity contribution < 1.29 is 4.74 Å². The topological polar surface area (TPSA) is 112 Å². The van der Waals surface area contributed by atoms with Crippen LogP contribution in [0.3, 0.4) is 0 Å². The number of hydrogen-bond donors (Lipinski definition) is 3. The zero-order valence-electron chi connectivity index (χ0n) is 10.3. The Morgan fingerprint density at radius 2 is 2.06 bits per heavy atom. The average molecular weight is 247 g/mol. The smallest absolute Gasteiger partial charge is 0.223 e. The number of hydrogen-bond acceptors (Lipinski definition) is 2. The summed E-state index contributed by atoms with van der Waals surface area (Å²) in [5.41, 5.74) is 17.4. The third kappa shape index (κ3) is 5.02. The van der Waals surface area contributed by atoms with Crippen molar-refractivity contribution in [3.05, 3.63) is 36.4 Å². The molecule has 0 unspecified atom stereocenters. The van der Waals surface area contributed by atoms with E-state index >= 15 is 0 Å². The first-order chi connectivity index (χ1) is 8.47. The van der Waals surface area contributed by atoms with Gasteiger partial charge in [-0.05, 0) is 24.6 Å². The molecule has 6 N–H and O–H groups in total. The third-order valence-corrected chi connectivity index (χ3v) is 1.79. The molecule has 0 aromatic heterocycles. The number of rotatable bonds is 4. The standard InChI is InChI=1S/C12H17N5O/c1-8(2)7-18-10-5-3-4-9(6-10)16-12(15)17-11(13)14/h3-6H,1,7H2,2H3,(H6,13,14,15,16,17). The van der Waals surface area contributed by atoms with Crippen LogP contribution in [0.1, 0.15) is 6.92 Å². The highest BCUT2D eigenvalue weighted by atomic mass is 16.5. The van der Waals surface area contributed by atoms with Crippen LogP contribution in [0.2, 0.25) is 0 Å². The van der Waals surface area contributed by atoms with E-state index in [1.807, 2.05) is 13.0 Å². The van der Waals surface area contributed by atoms with Crippen LogP contribution in [0.15, 0.2) is 46.4 Å². The molecule has 96 valence electrons. The van der Waals surface area contributed by atoms with Crippen molar-refractivity contribution >= 4 is 17.6 Å². The quantitative estimate of drug-likeness (QED) is 0.416. The molecule has 1 rings (SSSR count). The second-order valence-corrected chi connectivity index (χ2v) is 3.75. The highest BCUT2D eigenvalue weighted by Crippen LogP contribution is 2.20. The van der Waals surface area contributed by atoms with E-state index in [9.17, 15) is 0 Å².